The summed E-state index contributed by atoms with van der Waals surface area (Å²) < 4.78 is 12.0. The van der Waals surface area contributed by atoms with Gasteiger partial charge in [-0.15, -0.1) is 0 Å². The molecule has 3 aliphatic carbocycles. The van der Waals surface area contributed by atoms with Crippen LogP contribution in [-0.4, -0.2) is 29.6 Å². The Morgan fingerprint density at radius 3 is 2.58 bits per heavy atom. The molecule has 130 valence electrons. The highest BCUT2D eigenvalue weighted by Crippen LogP contribution is 2.71. The second kappa shape index (κ2) is 4.14. The highest BCUT2D eigenvalue weighted by molar-refractivity contribution is 5.92. The van der Waals surface area contributed by atoms with Gasteiger partial charge in [0.2, 0.25) is 0 Å². The summed E-state index contributed by atoms with van der Waals surface area (Å²) in [6, 6.07) is 0. The normalized spacial score (nSPS) is 51.3. The minimum absolute atomic E-state index is 0.0752. The van der Waals surface area contributed by atoms with E-state index in [2.05, 4.69) is 20.8 Å². The molecule has 6 atom stereocenters. The molecular formula is C20H26O4. The average Bonchev–Trinajstić information content (AvgIpc) is 3.16. The van der Waals surface area contributed by atoms with E-state index in [1.165, 1.54) is 0 Å². The number of esters is 1. The van der Waals surface area contributed by atoms with Crippen molar-refractivity contribution in [1.29, 1.82) is 0 Å². The van der Waals surface area contributed by atoms with Crippen molar-refractivity contribution in [2.24, 2.45) is 22.7 Å². The Hall–Kier alpha value is -1.16. The monoisotopic (exact) mass is 330 g/mol. The first-order valence-corrected chi connectivity index (χ1v) is 9.34. The van der Waals surface area contributed by atoms with E-state index in [1.807, 2.05) is 6.92 Å². The summed E-state index contributed by atoms with van der Waals surface area (Å²) in [6.45, 7) is 8.51. The van der Waals surface area contributed by atoms with Crippen LogP contribution in [0.25, 0.3) is 0 Å². The van der Waals surface area contributed by atoms with Gasteiger partial charge >= 0.3 is 5.97 Å². The van der Waals surface area contributed by atoms with Gasteiger partial charge in [-0.05, 0) is 43.9 Å². The molecule has 3 saturated carbocycles. The molecule has 0 radical (unpaired) electrons. The van der Waals surface area contributed by atoms with Crippen molar-refractivity contribution in [2.75, 3.05) is 0 Å². The first-order valence-electron chi connectivity index (χ1n) is 9.34. The molecule has 5 rings (SSSR count). The van der Waals surface area contributed by atoms with Crippen molar-refractivity contribution < 1.29 is 19.1 Å². The standard InChI is InChI=1S/C20H26O4/c1-10-15-11(23-17(10)22)9-13-19(4)7-6-14(21)18(2,3)12(19)5-8-20(13)16(15)24-20/h11-13,16H,5-9H2,1-4H3/t11-,12+,13-,16+,19+,20-/m0/s1. The van der Waals surface area contributed by atoms with Crippen molar-refractivity contribution in [3.63, 3.8) is 0 Å². The molecule has 2 heterocycles. The van der Waals surface area contributed by atoms with E-state index in [0.717, 1.165) is 36.8 Å². The Morgan fingerprint density at radius 2 is 1.83 bits per heavy atom. The van der Waals surface area contributed by atoms with Gasteiger partial charge < -0.3 is 9.47 Å². The molecule has 4 nitrogen and oxygen atoms in total. The Morgan fingerprint density at radius 1 is 1.08 bits per heavy atom. The Bertz CT molecular complexity index is 704. The first-order chi connectivity index (χ1) is 11.2. The molecular weight excluding hydrogens is 304 g/mol. The molecule has 0 N–H and O–H groups in total. The van der Waals surface area contributed by atoms with Crippen LogP contribution in [0.15, 0.2) is 11.1 Å². The Kier molecular flexibility index (Phi) is 2.61. The van der Waals surface area contributed by atoms with Gasteiger partial charge in [-0.3, -0.25) is 4.79 Å². The van der Waals surface area contributed by atoms with E-state index >= 15 is 0 Å². The van der Waals surface area contributed by atoms with Gasteiger partial charge in [-0.2, -0.15) is 0 Å². The minimum atomic E-state index is -0.253. The summed E-state index contributed by atoms with van der Waals surface area (Å²) in [5.41, 5.74) is 1.63. The lowest BCUT2D eigenvalue weighted by Crippen LogP contribution is -2.59. The number of hydrogen-bond acceptors (Lipinski definition) is 4. The lowest BCUT2D eigenvalue weighted by molar-refractivity contribution is -0.157. The van der Waals surface area contributed by atoms with E-state index in [1.54, 1.807) is 0 Å². The van der Waals surface area contributed by atoms with Gasteiger partial charge in [0, 0.05) is 28.9 Å². The third kappa shape index (κ3) is 1.50. The predicted molar refractivity (Wildman–Crippen MR) is 87.1 cm³/mol. The van der Waals surface area contributed by atoms with Crippen LogP contribution in [0.1, 0.15) is 59.8 Å². The number of rotatable bonds is 0. The van der Waals surface area contributed by atoms with Crippen LogP contribution in [0.4, 0.5) is 0 Å². The van der Waals surface area contributed by atoms with Crippen LogP contribution < -0.4 is 0 Å². The smallest absolute Gasteiger partial charge is 0.334 e. The number of epoxide rings is 1. The molecule has 5 aliphatic rings. The second-order valence-corrected chi connectivity index (χ2v) is 9.46. The molecule has 4 fully saturated rings. The molecule has 1 spiro atoms. The third-order valence-corrected chi connectivity index (χ3v) is 8.28. The second-order valence-electron chi connectivity index (χ2n) is 9.46. The lowest BCUT2D eigenvalue weighted by atomic mass is 9.44. The maximum atomic E-state index is 12.5. The fourth-order valence-electron chi connectivity index (χ4n) is 6.94. The van der Waals surface area contributed by atoms with E-state index in [9.17, 15) is 9.59 Å². The van der Waals surface area contributed by atoms with Crippen LogP contribution in [0, 0.1) is 22.7 Å². The van der Waals surface area contributed by atoms with Gasteiger partial charge in [0.1, 0.15) is 23.6 Å². The van der Waals surface area contributed by atoms with Gasteiger partial charge in [0.15, 0.2) is 0 Å². The van der Waals surface area contributed by atoms with E-state index in [-0.39, 0.29) is 34.6 Å². The van der Waals surface area contributed by atoms with Gasteiger partial charge in [0.05, 0.1) is 0 Å². The fourth-order valence-corrected chi connectivity index (χ4v) is 6.94. The molecule has 0 bridgehead atoms. The molecule has 0 unspecified atom stereocenters. The topological polar surface area (TPSA) is 55.9 Å². The highest BCUT2D eigenvalue weighted by Gasteiger charge is 2.75. The van der Waals surface area contributed by atoms with Crippen LogP contribution in [0.5, 0.6) is 0 Å². The van der Waals surface area contributed by atoms with Crippen molar-refractivity contribution in [1.82, 2.24) is 0 Å². The molecule has 2 aliphatic heterocycles. The molecule has 1 saturated heterocycles. The van der Waals surface area contributed by atoms with Crippen LogP contribution in [-0.2, 0) is 19.1 Å². The number of ether oxygens (including phenoxy) is 2. The van der Waals surface area contributed by atoms with E-state index < -0.39 is 0 Å². The first kappa shape index (κ1) is 15.1. The van der Waals surface area contributed by atoms with Crippen LogP contribution in [0.3, 0.4) is 0 Å². The summed E-state index contributed by atoms with van der Waals surface area (Å²) in [7, 11) is 0. The molecule has 0 aromatic carbocycles. The highest BCUT2D eigenvalue weighted by atomic mass is 16.6. The lowest BCUT2D eigenvalue weighted by Gasteiger charge is -2.59. The van der Waals surface area contributed by atoms with Gasteiger partial charge in [-0.1, -0.05) is 20.8 Å². The summed E-state index contributed by atoms with van der Waals surface area (Å²) in [6.07, 6.45) is 4.52. The number of hydrogen-bond donors (Lipinski definition) is 0. The third-order valence-electron chi connectivity index (χ3n) is 8.28. The largest absolute Gasteiger partial charge is 0.454 e. The van der Waals surface area contributed by atoms with Crippen molar-refractivity contribution in [3.8, 4) is 0 Å². The number of Topliss-reactive ketones (excluding diaryl/α,β-unsaturated/α-hetero) is 1. The number of fused-ring (bicyclic) bond motifs is 4. The van der Waals surface area contributed by atoms with Crippen molar-refractivity contribution >= 4 is 11.8 Å². The zero-order chi connectivity index (χ0) is 17.1. The Balaban J connectivity index is 1.57. The summed E-state index contributed by atoms with van der Waals surface area (Å²) in [5.74, 6) is 1.03. The molecule has 0 amide bonds. The van der Waals surface area contributed by atoms with Crippen molar-refractivity contribution in [2.45, 2.75) is 77.6 Å². The molecule has 4 heteroatoms. The maximum absolute atomic E-state index is 12.5. The van der Waals surface area contributed by atoms with Crippen LogP contribution >= 0.6 is 0 Å². The summed E-state index contributed by atoms with van der Waals surface area (Å²) in [5, 5.41) is 0. The fraction of sp³-hybridized carbons (Fsp3) is 0.800. The van der Waals surface area contributed by atoms with Crippen molar-refractivity contribution in [3.05, 3.63) is 11.1 Å². The summed E-state index contributed by atoms with van der Waals surface area (Å²) >= 11 is 0. The summed E-state index contributed by atoms with van der Waals surface area (Å²) in [4.78, 5) is 24.6. The number of carbonyl (C=O) groups excluding carboxylic acids is 2. The molecule has 24 heavy (non-hydrogen) atoms. The van der Waals surface area contributed by atoms with Crippen LogP contribution in [0.2, 0.25) is 0 Å². The quantitative estimate of drug-likeness (QED) is 0.505. The average molecular weight is 330 g/mol. The zero-order valence-corrected chi connectivity index (χ0v) is 15.0. The van der Waals surface area contributed by atoms with E-state index in [4.69, 9.17) is 9.47 Å². The zero-order valence-electron chi connectivity index (χ0n) is 15.0. The minimum Gasteiger partial charge on any atom is -0.454 e. The molecule has 0 aromatic heterocycles. The number of ketones is 1. The maximum Gasteiger partial charge on any atom is 0.334 e. The van der Waals surface area contributed by atoms with Gasteiger partial charge in [-0.25, -0.2) is 4.79 Å². The van der Waals surface area contributed by atoms with E-state index in [0.29, 0.717) is 24.0 Å². The SMILES string of the molecule is CC1=C2[C@H](C[C@H]3[C@]4(C)CCC(=O)C(C)(C)[C@H]4CC[C@]34O[C@H]24)OC1=O. The molecule has 0 aromatic rings. The van der Waals surface area contributed by atoms with Gasteiger partial charge in [0.25, 0.3) is 0 Å². The Labute approximate surface area is 143 Å². The predicted octanol–water partition coefficient (Wildman–Crippen LogP) is 3.19. The number of carbonyl (C=O) groups is 2.